The van der Waals surface area contributed by atoms with Crippen LogP contribution >= 0.6 is 0 Å². The number of phenolic OH excluding ortho intramolecular Hbond substituents is 1. The number of carbonyl (C=O) groups excluding carboxylic acids is 3. The van der Waals surface area contributed by atoms with Crippen LogP contribution in [0.4, 0.5) is 5.69 Å². The number of Topliss-reactive ketones (excluding diaryl/α,β-unsaturated/α-hetero) is 2. The Hall–Kier alpha value is -3.53. The number of primary amides is 1. The number of ketones is 2. The molecule has 1 fully saturated rings. The molecule has 3 aliphatic rings. The predicted octanol–water partition coefficient (Wildman–Crippen LogP) is 1.09. The number of amides is 1. The van der Waals surface area contributed by atoms with Crippen LogP contribution in [0.5, 0.6) is 5.75 Å². The molecular formula is C19H17N3O7. The fourth-order valence-electron chi connectivity index (χ4n) is 4.71. The van der Waals surface area contributed by atoms with Gasteiger partial charge in [-0.05, 0) is 36.5 Å². The lowest BCUT2D eigenvalue weighted by Gasteiger charge is -2.46. The number of benzene rings is 1. The summed E-state index contributed by atoms with van der Waals surface area (Å²) in [5.74, 6) is -6.81. The van der Waals surface area contributed by atoms with Gasteiger partial charge in [0.05, 0.1) is 11.3 Å². The van der Waals surface area contributed by atoms with Crippen LogP contribution in [-0.2, 0) is 20.8 Å². The van der Waals surface area contributed by atoms with Crippen molar-refractivity contribution in [2.75, 3.05) is 0 Å². The second kappa shape index (κ2) is 5.98. The van der Waals surface area contributed by atoms with Gasteiger partial charge in [-0.15, -0.1) is 0 Å². The number of hydrogen-bond donors (Lipinski definition) is 6. The van der Waals surface area contributed by atoms with Gasteiger partial charge in [0.1, 0.15) is 22.8 Å². The molecule has 1 aromatic rings. The van der Waals surface area contributed by atoms with Crippen LogP contribution in [0.15, 0.2) is 34.2 Å². The second-order valence-electron chi connectivity index (χ2n) is 7.48. The number of nitrogens with zero attached hydrogens (tertiary/aromatic N) is 1. The average Bonchev–Trinajstić information content (AvgIpc) is 2.64. The van der Waals surface area contributed by atoms with E-state index in [2.05, 4.69) is 5.11 Å². The summed E-state index contributed by atoms with van der Waals surface area (Å²) in [4.78, 5) is 37.0. The average molecular weight is 399 g/mol. The largest absolute Gasteiger partial charge is 0.508 e. The number of carbonyl (C=O) groups is 3. The number of fused-ring (bicyclic) bond motifs is 3. The summed E-state index contributed by atoms with van der Waals surface area (Å²) in [5, 5.41) is 45.8. The van der Waals surface area contributed by atoms with E-state index in [0.717, 1.165) is 0 Å². The molecule has 150 valence electrons. The first-order valence-corrected chi connectivity index (χ1v) is 8.82. The Kier molecular flexibility index (Phi) is 3.88. The van der Waals surface area contributed by atoms with E-state index >= 15 is 0 Å². The Morgan fingerprint density at radius 2 is 1.90 bits per heavy atom. The fraction of sp³-hybridized carbons (Fsp3) is 0.316. The first-order chi connectivity index (χ1) is 13.6. The van der Waals surface area contributed by atoms with Crippen molar-refractivity contribution < 1.29 is 34.8 Å². The quantitative estimate of drug-likeness (QED) is 0.316. The van der Waals surface area contributed by atoms with Crippen LogP contribution in [0.25, 0.3) is 5.76 Å². The number of rotatable bonds is 2. The SMILES string of the molecule is N=Nc1ccc(O)c2c1CC1CC3CC(=O)C(C(N)=O)=C(O)[C@@]3(O)C(=O)C1=C2O. The van der Waals surface area contributed by atoms with Crippen LogP contribution in [0.2, 0.25) is 0 Å². The third kappa shape index (κ3) is 2.29. The molecule has 0 saturated heterocycles. The maximum absolute atomic E-state index is 13.2. The molecule has 0 spiro atoms. The number of aliphatic hydroxyl groups is 3. The van der Waals surface area contributed by atoms with Crippen molar-refractivity contribution in [2.45, 2.75) is 24.9 Å². The van der Waals surface area contributed by atoms with E-state index in [-0.39, 0.29) is 41.8 Å². The van der Waals surface area contributed by atoms with Gasteiger partial charge in [-0.2, -0.15) is 5.11 Å². The summed E-state index contributed by atoms with van der Waals surface area (Å²) in [7, 11) is 0. The summed E-state index contributed by atoms with van der Waals surface area (Å²) in [6, 6.07) is 2.62. The highest BCUT2D eigenvalue weighted by Gasteiger charge is 2.60. The molecule has 10 heteroatoms. The molecule has 0 aliphatic heterocycles. The number of phenols is 1. The van der Waals surface area contributed by atoms with Crippen LogP contribution in [0.1, 0.15) is 24.0 Å². The maximum Gasteiger partial charge on any atom is 0.255 e. The Balaban J connectivity index is 1.95. The molecule has 0 bridgehead atoms. The summed E-state index contributed by atoms with van der Waals surface area (Å²) in [5.41, 5.74) is 9.28. The van der Waals surface area contributed by atoms with Crippen LogP contribution in [-0.4, -0.2) is 43.5 Å². The Labute approximate surface area is 163 Å². The zero-order valence-electron chi connectivity index (χ0n) is 15.0. The zero-order valence-corrected chi connectivity index (χ0v) is 15.0. The van der Waals surface area contributed by atoms with Gasteiger partial charge in [-0.3, -0.25) is 14.4 Å². The first-order valence-electron chi connectivity index (χ1n) is 8.82. The Morgan fingerprint density at radius 3 is 2.52 bits per heavy atom. The molecule has 10 nitrogen and oxygen atoms in total. The molecule has 0 aromatic heterocycles. The van der Waals surface area contributed by atoms with Crippen molar-refractivity contribution in [3.63, 3.8) is 0 Å². The lowest BCUT2D eigenvalue weighted by Crippen LogP contribution is -2.58. The summed E-state index contributed by atoms with van der Waals surface area (Å²) in [6.07, 6.45) is -0.214. The number of nitrogens with two attached hydrogens (primary N) is 1. The monoisotopic (exact) mass is 399 g/mol. The number of aliphatic hydroxyl groups excluding tert-OH is 2. The lowest BCUT2D eigenvalue weighted by molar-refractivity contribution is -0.147. The molecule has 0 heterocycles. The molecule has 2 unspecified atom stereocenters. The molecule has 4 rings (SSSR count). The maximum atomic E-state index is 13.2. The van der Waals surface area contributed by atoms with E-state index in [1.807, 2.05) is 0 Å². The zero-order chi connectivity index (χ0) is 21.2. The summed E-state index contributed by atoms with van der Waals surface area (Å²) < 4.78 is 0. The highest BCUT2D eigenvalue weighted by Crippen LogP contribution is 2.52. The first kappa shape index (κ1) is 18.8. The van der Waals surface area contributed by atoms with Crippen molar-refractivity contribution in [3.05, 3.63) is 40.2 Å². The van der Waals surface area contributed by atoms with Gasteiger partial charge in [-0.1, -0.05) is 0 Å². The van der Waals surface area contributed by atoms with Crippen molar-refractivity contribution in [1.82, 2.24) is 0 Å². The lowest BCUT2D eigenvalue weighted by atomic mass is 9.59. The van der Waals surface area contributed by atoms with Gasteiger partial charge < -0.3 is 26.2 Å². The minimum atomic E-state index is -2.58. The third-order valence-corrected chi connectivity index (χ3v) is 6.04. The number of aromatic hydroxyl groups is 1. The Bertz CT molecular complexity index is 1090. The van der Waals surface area contributed by atoms with E-state index in [4.69, 9.17) is 11.3 Å². The minimum absolute atomic E-state index is 0.0377. The molecule has 1 aromatic carbocycles. The molecule has 1 saturated carbocycles. The highest BCUT2D eigenvalue weighted by atomic mass is 16.3. The normalized spacial score (nSPS) is 28.6. The smallest absolute Gasteiger partial charge is 0.255 e. The predicted molar refractivity (Wildman–Crippen MR) is 96.2 cm³/mol. The number of hydrogen-bond acceptors (Lipinski definition) is 9. The minimum Gasteiger partial charge on any atom is -0.508 e. The van der Waals surface area contributed by atoms with E-state index in [1.54, 1.807) is 0 Å². The van der Waals surface area contributed by atoms with Crippen molar-refractivity contribution in [2.24, 2.45) is 22.7 Å². The molecule has 7 N–H and O–H groups in total. The number of nitrogens with one attached hydrogen (secondary N) is 1. The van der Waals surface area contributed by atoms with Crippen molar-refractivity contribution >= 4 is 28.9 Å². The van der Waals surface area contributed by atoms with Gasteiger partial charge in [0.25, 0.3) is 5.91 Å². The third-order valence-electron chi connectivity index (χ3n) is 6.04. The molecular weight excluding hydrogens is 382 g/mol. The van der Waals surface area contributed by atoms with Gasteiger partial charge in [0.15, 0.2) is 11.4 Å². The van der Waals surface area contributed by atoms with Crippen LogP contribution in [0.3, 0.4) is 0 Å². The van der Waals surface area contributed by atoms with Gasteiger partial charge in [0.2, 0.25) is 5.78 Å². The molecule has 3 atom stereocenters. The van der Waals surface area contributed by atoms with Gasteiger partial charge >= 0.3 is 0 Å². The highest BCUT2D eigenvalue weighted by molar-refractivity contribution is 6.22. The van der Waals surface area contributed by atoms with E-state index < -0.39 is 52.0 Å². The molecule has 29 heavy (non-hydrogen) atoms. The van der Waals surface area contributed by atoms with Gasteiger partial charge in [-0.25, -0.2) is 5.53 Å². The van der Waals surface area contributed by atoms with Crippen LogP contribution in [0, 0.1) is 17.4 Å². The second-order valence-corrected chi connectivity index (χ2v) is 7.48. The fourth-order valence-corrected chi connectivity index (χ4v) is 4.71. The molecule has 1 amide bonds. The van der Waals surface area contributed by atoms with Gasteiger partial charge in [0, 0.05) is 17.9 Å². The summed E-state index contributed by atoms with van der Waals surface area (Å²) in [6.45, 7) is 0. The topological polar surface area (TPSA) is 194 Å². The Morgan fingerprint density at radius 1 is 1.21 bits per heavy atom. The molecule has 0 radical (unpaired) electrons. The van der Waals surface area contributed by atoms with E-state index in [9.17, 15) is 34.8 Å². The standard InChI is InChI=1S/C19H17N3O7/c20-18(28)14-11(24)5-7-3-6-4-8-9(22-21)1-2-10(23)13(8)15(25)12(6)16(26)19(7,29)17(14)27/h1-2,6-7,21,23,25,27,29H,3-5H2,(H2,20,28)/t6?,7?,19-/m0/s1. The molecule has 3 aliphatic carbocycles. The van der Waals surface area contributed by atoms with E-state index in [1.165, 1.54) is 12.1 Å². The van der Waals surface area contributed by atoms with Crippen molar-refractivity contribution in [3.8, 4) is 5.75 Å². The van der Waals surface area contributed by atoms with Crippen LogP contribution < -0.4 is 5.73 Å². The van der Waals surface area contributed by atoms with Crippen molar-refractivity contribution in [1.29, 1.82) is 5.53 Å². The summed E-state index contributed by atoms with van der Waals surface area (Å²) >= 11 is 0. The van der Waals surface area contributed by atoms with E-state index in [0.29, 0.717) is 5.56 Å².